The Bertz CT molecular complexity index is 988. The molecular formula is C17H20N6O3S. The monoisotopic (exact) mass is 388 g/mol. The fraction of sp³-hybridized carbons (Fsp3) is 0.235. The van der Waals surface area contributed by atoms with Crippen molar-refractivity contribution in [2.75, 3.05) is 25.5 Å². The van der Waals surface area contributed by atoms with Crippen molar-refractivity contribution in [2.24, 2.45) is 0 Å². The zero-order valence-corrected chi connectivity index (χ0v) is 15.8. The molecule has 3 rings (SSSR count). The standard InChI is InChI=1S/C17H20N6O3S/c1-13-12-14(4-5-15(13)26-2)27(24,25)20-10-9-18-16-6-7-17(22-21-16)23-11-3-8-19-23/h3-8,11-12,20H,9-10H2,1-2H3,(H,18,21). The summed E-state index contributed by atoms with van der Waals surface area (Å²) in [5, 5.41) is 15.2. The first-order valence-corrected chi connectivity index (χ1v) is 9.70. The van der Waals surface area contributed by atoms with Gasteiger partial charge in [-0.2, -0.15) is 5.10 Å². The van der Waals surface area contributed by atoms with Gasteiger partial charge in [0.2, 0.25) is 10.0 Å². The summed E-state index contributed by atoms with van der Waals surface area (Å²) in [6, 6.07) is 10.1. The SMILES string of the molecule is COc1ccc(S(=O)(=O)NCCNc2ccc(-n3cccn3)nn2)cc1C. The van der Waals surface area contributed by atoms with Gasteiger partial charge in [0.15, 0.2) is 5.82 Å². The van der Waals surface area contributed by atoms with Gasteiger partial charge in [-0.1, -0.05) is 0 Å². The number of nitrogens with one attached hydrogen (secondary N) is 2. The zero-order chi connectivity index (χ0) is 19.3. The van der Waals surface area contributed by atoms with Gasteiger partial charge in [-0.25, -0.2) is 17.8 Å². The highest BCUT2D eigenvalue weighted by Crippen LogP contribution is 2.21. The Kier molecular flexibility index (Phi) is 5.67. The van der Waals surface area contributed by atoms with Crippen LogP contribution >= 0.6 is 0 Å². The number of sulfonamides is 1. The largest absolute Gasteiger partial charge is 0.496 e. The summed E-state index contributed by atoms with van der Waals surface area (Å²) >= 11 is 0. The molecule has 0 amide bonds. The molecule has 142 valence electrons. The maximum absolute atomic E-state index is 12.4. The van der Waals surface area contributed by atoms with Crippen LogP contribution in [-0.2, 0) is 10.0 Å². The highest BCUT2D eigenvalue weighted by atomic mass is 32.2. The van der Waals surface area contributed by atoms with Crippen molar-refractivity contribution >= 4 is 15.8 Å². The molecule has 0 aliphatic heterocycles. The molecule has 10 heteroatoms. The first-order chi connectivity index (χ1) is 13.0. The number of ether oxygens (including phenoxy) is 1. The quantitative estimate of drug-likeness (QED) is 0.561. The lowest BCUT2D eigenvalue weighted by atomic mass is 10.2. The van der Waals surface area contributed by atoms with Gasteiger partial charge >= 0.3 is 0 Å². The minimum absolute atomic E-state index is 0.198. The van der Waals surface area contributed by atoms with Crippen LogP contribution < -0.4 is 14.8 Å². The van der Waals surface area contributed by atoms with Crippen molar-refractivity contribution < 1.29 is 13.2 Å². The lowest BCUT2D eigenvalue weighted by Gasteiger charge is -2.10. The number of hydrogen-bond acceptors (Lipinski definition) is 7. The van der Waals surface area contributed by atoms with Gasteiger partial charge in [0.05, 0.1) is 12.0 Å². The maximum atomic E-state index is 12.4. The van der Waals surface area contributed by atoms with Gasteiger partial charge in [-0.15, -0.1) is 10.2 Å². The van der Waals surface area contributed by atoms with E-state index in [9.17, 15) is 8.42 Å². The van der Waals surface area contributed by atoms with Crippen molar-refractivity contribution in [3.63, 3.8) is 0 Å². The van der Waals surface area contributed by atoms with Gasteiger partial charge in [0.1, 0.15) is 11.6 Å². The van der Waals surface area contributed by atoms with Crippen LogP contribution in [0.4, 0.5) is 5.82 Å². The summed E-state index contributed by atoms with van der Waals surface area (Å²) < 4.78 is 34.0. The molecule has 2 aromatic heterocycles. The van der Waals surface area contributed by atoms with Crippen molar-refractivity contribution in [1.29, 1.82) is 0 Å². The topological polar surface area (TPSA) is 111 Å². The number of rotatable bonds is 8. The molecule has 0 saturated carbocycles. The molecule has 2 heterocycles. The summed E-state index contributed by atoms with van der Waals surface area (Å²) in [7, 11) is -2.05. The van der Waals surface area contributed by atoms with Crippen LogP contribution in [0.25, 0.3) is 5.82 Å². The van der Waals surface area contributed by atoms with Crippen molar-refractivity contribution in [3.05, 3.63) is 54.4 Å². The van der Waals surface area contributed by atoms with E-state index in [0.29, 0.717) is 23.9 Å². The second-order valence-corrected chi connectivity index (χ2v) is 7.45. The van der Waals surface area contributed by atoms with E-state index in [1.165, 1.54) is 6.07 Å². The van der Waals surface area contributed by atoms with Crippen LogP contribution in [0.3, 0.4) is 0 Å². The van der Waals surface area contributed by atoms with Gasteiger partial charge in [0.25, 0.3) is 0 Å². The van der Waals surface area contributed by atoms with Gasteiger partial charge in [0, 0.05) is 25.5 Å². The van der Waals surface area contributed by atoms with E-state index in [1.807, 2.05) is 0 Å². The fourth-order valence-corrected chi connectivity index (χ4v) is 3.54. The van der Waals surface area contributed by atoms with Crippen molar-refractivity contribution in [3.8, 4) is 11.6 Å². The number of aryl methyl sites for hydroxylation is 1. The Morgan fingerprint density at radius 3 is 2.63 bits per heavy atom. The first-order valence-electron chi connectivity index (χ1n) is 8.21. The number of hydrogen-bond donors (Lipinski definition) is 2. The van der Waals surface area contributed by atoms with Crippen molar-refractivity contribution in [1.82, 2.24) is 24.7 Å². The molecule has 2 N–H and O–H groups in total. The van der Waals surface area contributed by atoms with E-state index in [4.69, 9.17) is 4.74 Å². The Balaban J connectivity index is 1.52. The van der Waals surface area contributed by atoms with Gasteiger partial charge in [-0.3, -0.25) is 0 Å². The average Bonchev–Trinajstić information content (AvgIpc) is 3.20. The molecule has 0 unspecified atom stereocenters. The Morgan fingerprint density at radius 1 is 1.15 bits per heavy atom. The van der Waals surface area contributed by atoms with E-state index >= 15 is 0 Å². The lowest BCUT2D eigenvalue weighted by Crippen LogP contribution is -2.29. The summed E-state index contributed by atoms with van der Waals surface area (Å²) in [4.78, 5) is 0.198. The molecule has 1 aromatic carbocycles. The molecule has 0 saturated heterocycles. The van der Waals surface area contributed by atoms with E-state index in [1.54, 1.807) is 61.4 Å². The van der Waals surface area contributed by atoms with Crippen molar-refractivity contribution in [2.45, 2.75) is 11.8 Å². The predicted octanol–water partition coefficient (Wildman–Crippen LogP) is 1.37. The number of anilines is 1. The van der Waals surface area contributed by atoms with Crippen LogP contribution in [0.5, 0.6) is 5.75 Å². The van der Waals surface area contributed by atoms with E-state index in [0.717, 1.165) is 5.56 Å². The summed E-state index contributed by atoms with van der Waals surface area (Å²) in [6.45, 7) is 2.37. The van der Waals surface area contributed by atoms with E-state index in [-0.39, 0.29) is 11.4 Å². The molecule has 9 nitrogen and oxygen atoms in total. The lowest BCUT2D eigenvalue weighted by molar-refractivity contribution is 0.411. The first kappa shape index (κ1) is 18.8. The molecule has 0 atom stereocenters. The molecule has 0 fully saturated rings. The normalized spacial score (nSPS) is 11.3. The van der Waals surface area contributed by atoms with Crippen LogP contribution in [0.1, 0.15) is 5.56 Å². The van der Waals surface area contributed by atoms with E-state index < -0.39 is 10.0 Å². The van der Waals surface area contributed by atoms with Crippen LogP contribution in [-0.4, -0.2) is 48.6 Å². The molecule has 27 heavy (non-hydrogen) atoms. The number of benzene rings is 1. The summed E-state index contributed by atoms with van der Waals surface area (Å²) in [5.74, 6) is 1.79. The molecule has 0 bridgehead atoms. The third kappa shape index (κ3) is 4.60. The Morgan fingerprint density at radius 2 is 2.00 bits per heavy atom. The second kappa shape index (κ2) is 8.14. The van der Waals surface area contributed by atoms with Gasteiger partial charge in [-0.05, 0) is 48.9 Å². The zero-order valence-electron chi connectivity index (χ0n) is 15.0. The fourth-order valence-electron chi connectivity index (χ4n) is 2.42. The molecular weight excluding hydrogens is 368 g/mol. The molecule has 0 radical (unpaired) electrons. The van der Waals surface area contributed by atoms with Gasteiger partial charge < -0.3 is 10.1 Å². The minimum atomic E-state index is -3.59. The number of nitrogens with zero attached hydrogens (tertiary/aromatic N) is 4. The predicted molar refractivity (Wildman–Crippen MR) is 101 cm³/mol. The highest BCUT2D eigenvalue weighted by molar-refractivity contribution is 7.89. The Labute approximate surface area is 157 Å². The van der Waals surface area contributed by atoms with Crippen LogP contribution in [0.15, 0.2) is 53.7 Å². The molecule has 0 aliphatic carbocycles. The number of aromatic nitrogens is 4. The highest BCUT2D eigenvalue weighted by Gasteiger charge is 2.14. The second-order valence-electron chi connectivity index (χ2n) is 5.68. The molecule has 3 aromatic rings. The van der Waals surface area contributed by atoms with E-state index in [2.05, 4.69) is 25.3 Å². The average molecular weight is 388 g/mol. The third-order valence-electron chi connectivity index (χ3n) is 3.79. The minimum Gasteiger partial charge on any atom is -0.496 e. The summed E-state index contributed by atoms with van der Waals surface area (Å²) in [5.41, 5.74) is 0.756. The smallest absolute Gasteiger partial charge is 0.240 e. The summed E-state index contributed by atoms with van der Waals surface area (Å²) in [6.07, 6.45) is 3.43. The number of methoxy groups -OCH3 is 1. The molecule has 0 spiro atoms. The van der Waals surface area contributed by atoms with Crippen LogP contribution in [0.2, 0.25) is 0 Å². The molecule has 0 aliphatic rings. The Hall–Kier alpha value is -2.98. The maximum Gasteiger partial charge on any atom is 0.240 e. The van der Waals surface area contributed by atoms with Crippen LogP contribution in [0, 0.1) is 6.92 Å². The third-order valence-corrected chi connectivity index (χ3v) is 5.25.